The van der Waals surface area contributed by atoms with E-state index in [0.29, 0.717) is 12.5 Å². The van der Waals surface area contributed by atoms with Gasteiger partial charge in [-0.15, -0.1) is 0 Å². The van der Waals surface area contributed by atoms with Crippen molar-refractivity contribution in [1.82, 2.24) is 4.57 Å². The van der Waals surface area contributed by atoms with Crippen LogP contribution in [0.5, 0.6) is 5.88 Å². The van der Waals surface area contributed by atoms with Gasteiger partial charge in [0.25, 0.3) is 5.91 Å². The molecule has 0 bridgehead atoms. The number of carbonyl (C=O) groups excluding carboxylic acids is 1. The normalized spacial score (nSPS) is 11.0. The Morgan fingerprint density at radius 3 is 2.71 bits per heavy atom. The number of hydrogen-bond acceptors (Lipinski definition) is 3. The number of benzene rings is 1. The molecule has 1 heterocycles. The molecule has 21 heavy (non-hydrogen) atoms. The van der Waals surface area contributed by atoms with Crippen LogP contribution in [0.4, 0.5) is 0 Å². The van der Waals surface area contributed by atoms with Crippen LogP contribution < -0.4 is 4.74 Å². The maximum absolute atomic E-state index is 12.2. The highest BCUT2D eigenvalue weighted by Crippen LogP contribution is 2.33. The molecule has 0 saturated carbocycles. The molecule has 0 atom stereocenters. The highest BCUT2D eigenvalue weighted by molar-refractivity contribution is 5.99. The van der Waals surface area contributed by atoms with Crippen LogP contribution in [0.3, 0.4) is 0 Å². The molecule has 114 valence electrons. The second kappa shape index (κ2) is 6.76. The highest BCUT2D eigenvalue weighted by Gasteiger charge is 2.21. The molecule has 0 fully saturated rings. The van der Waals surface area contributed by atoms with Gasteiger partial charge in [0.2, 0.25) is 5.88 Å². The molecular weight excluding hydrogens is 266 g/mol. The second-order valence-corrected chi connectivity index (χ2v) is 5.19. The van der Waals surface area contributed by atoms with Crippen molar-refractivity contribution in [2.45, 2.75) is 40.0 Å². The van der Waals surface area contributed by atoms with Gasteiger partial charge in [0, 0.05) is 10.9 Å². The van der Waals surface area contributed by atoms with Crippen molar-refractivity contribution in [2.24, 2.45) is 0 Å². The summed E-state index contributed by atoms with van der Waals surface area (Å²) in [7, 11) is 0. The number of hydrogen-bond donors (Lipinski definition) is 1. The molecule has 0 unspecified atom stereocenters. The number of para-hydroxylation sites is 1. The van der Waals surface area contributed by atoms with Gasteiger partial charge in [0.05, 0.1) is 12.1 Å². The summed E-state index contributed by atoms with van der Waals surface area (Å²) >= 11 is 0. The van der Waals surface area contributed by atoms with E-state index in [2.05, 4.69) is 13.8 Å². The average molecular weight is 289 g/mol. The molecule has 0 aliphatic heterocycles. The van der Waals surface area contributed by atoms with E-state index in [9.17, 15) is 9.90 Å². The zero-order chi connectivity index (χ0) is 15.4. The quantitative estimate of drug-likeness (QED) is 0.830. The van der Waals surface area contributed by atoms with Gasteiger partial charge in [0.1, 0.15) is 6.61 Å². The highest BCUT2D eigenvalue weighted by atomic mass is 16.5. The molecule has 1 aromatic carbocycles. The molecule has 4 heteroatoms. The van der Waals surface area contributed by atoms with E-state index in [1.807, 2.05) is 25.1 Å². The lowest BCUT2D eigenvalue weighted by Gasteiger charge is -2.11. The Labute approximate surface area is 125 Å². The number of nitrogens with zero attached hydrogens (tertiary/aromatic N) is 1. The Hall–Kier alpha value is -1.81. The lowest BCUT2D eigenvalue weighted by molar-refractivity contribution is 0.0810. The van der Waals surface area contributed by atoms with Gasteiger partial charge in [-0.05, 0) is 25.3 Å². The second-order valence-electron chi connectivity index (χ2n) is 5.19. The monoisotopic (exact) mass is 289 g/mol. The number of rotatable bonds is 6. The van der Waals surface area contributed by atoms with Gasteiger partial charge in [-0.2, -0.15) is 0 Å². The first-order valence-electron chi connectivity index (χ1n) is 7.55. The van der Waals surface area contributed by atoms with Crippen LogP contribution in [-0.2, 0) is 6.42 Å². The van der Waals surface area contributed by atoms with Crippen LogP contribution in [0.15, 0.2) is 18.2 Å². The first-order chi connectivity index (χ1) is 10.2. The van der Waals surface area contributed by atoms with Gasteiger partial charge in [-0.25, -0.2) is 4.57 Å². The average Bonchev–Trinajstić information content (AvgIpc) is 2.80. The fourth-order valence-corrected chi connectivity index (χ4v) is 2.62. The topological polar surface area (TPSA) is 51.5 Å². The van der Waals surface area contributed by atoms with E-state index in [0.717, 1.165) is 41.3 Å². The Balaban J connectivity index is 2.65. The van der Waals surface area contributed by atoms with Crippen molar-refractivity contribution >= 4 is 16.8 Å². The molecule has 0 radical (unpaired) electrons. The lowest BCUT2D eigenvalue weighted by atomic mass is 10.1. The summed E-state index contributed by atoms with van der Waals surface area (Å²) in [5, 5.41) is 10.3. The van der Waals surface area contributed by atoms with Gasteiger partial charge < -0.3 is 9.84 Å². The van der Waals surface area contributed by atoms with Crippen molar-refractivity contribution in [3.63, 3.8) is 0 Å². The third-order valence-corrected chi connectivity index (χ3v) is 3.77. The van der Waals surface area contributed by atoms with Gasteiger partial charge in [-0.1, -0.05) is 38.5 Å². The number of aliphatic hydroxyl groups excluding tert-OH is 1. The van der Waals surface area contributed by atoms with Crippen LogP contribution in [0.2, 0.25) is 0 Å². The number of ether oxygens (including phenoxy) is 1. The molecular formula is C17H23NO3. The van der Waals surface area contributed by atoms with Gasteiger partial charge >= 0.3 is 0 Å². The summed E-state index contributed by atoms with van der Waals surface area (Å²) in [6.07, 6.45) is 2.80. The molecule has 2 rings (SSSR count). The minimum absolute atomic E-state index is 0.347. The Morgan fingerprint density at radius 1 is 1.33 bits per heavy atom. The Kier molecular flexibility index (Phi) is 5.02. The Bertz CT molecular complexity index is 643. The van der Waals surface area contributed by atoms with Crippen LogP contribution in [0.1, 0.15) is 42.6 Å². The summed E-state index contributed by atoms with van der Waals surface area (Å²) in [6, 6.07) is 6.01. The molecule has 0 amide bonds. The first-order valence-corrected chi connectivity index (χ1v) is 7.55. The fraction of sp³-hybridized carbons (Fsp3) is 0.471. The predicted molar refractivity (Wildman–Crippen MR) is 84.2 cm³/mol. The van der Waals surface area contributed by atoms with Crippen LogP contribution >= 0.6 is 0 Å². The SMILES string of the molecule is CCCCOc1c(C)c2cccc(CC)c2n1C(=O)CO. The molecule has 1 aromatic heterocycles. The number of aromatic nitrogens is 1. The van der Waals surface area contributed by atoms with E-state index < -0.39 is 6.61 Å². The Morgan fingerprint density at radius 2 is 2.10 bits per heavy atom. The number of unbranched alkanes of at least 4 members (excludes halogenated alkanes) is 1. The zero-order valence-electron chi connectivity index (χ0n) is 13.0. The third kappa shape index (κ3) is 2.81. The first kappa shape index (κ1) is 15.6. The summed E-state index contributed by atoms with van der Waals surface area (Å²) in [5.41, 5.74) is 2.91. The van der Waals surface area contributed by atoms with E-state index in [-0.39, 0.29) is 5.91 Å². The fourth-order valence-electron chi connectivity index (χ4n) is 2.62. The van der Waals surface area contributed by atoms with Crippen molar-refractivity contribution in [1.29, 1.82) is 0 Å². The molecule has 0 aliphatic rings. The maximum Gasteiger partial charge on any atom is 0.259 e. The largest absolute Gasteiger partial charge is 0.478 e. The lowest BCUT2D eigenvalue weighted by Crippen LogP contribution is -2.17. The number of carbonyl (C=O) groups is 1. The van der Waals surface area contributed by atoms with Crippen LogP contribution in [0.25, 0.3) is 10.9 Å². The summed E-state index contributed by atoms with van der Waals surface area (Å²) in [4.78, 5) is 12.2. The standard InChI is InChI=1S/C17H23NO3/c1-4-6-10-21-17-12(3)14-9-7-8-13(5-2)16(14)18(17)15(20)11-19/h7-9,19H,4-6,10-11H2,1-3H3. The van der Waals surface area contributed by atoms with Crippen LogP contribution in [-0.4, -0.2) is 28.8 Å². The molecule has 0 aliphatic carbocycles. The van der Waals surface area contributed by atoms with Crippen molar-refractivity contribution < 1.29 is 14.6 Å². The summed E-state index contributed by atoms with van der Waals surface area (Å²) in [5.74, 6) is 0.221. The number of fused-ring (bicyclic) bond motifs is 1. The van der Waals surface area contributed by atoms with E-state index in [1.165, 1.54) is 0 Å². The summed E-state index contributed by atoms with van der Waals surface area (Å²) in [6.45, 7) is 6.17. The van der Waals surface area contributed by atoms with E-state index >= 15 is 0 Å². The van der Waals surface area contributed by atoms with E-state index in [4.69, 9.17) is 4.74 Å². The number of aryl methyl sites for hydroxylation is 2. The molecule has 2 aromatic rings. The maximum atomic E-state index is 12.2. The van der Waals surface area contributed by atoms with Crippen molar-refractivity contribution in [3.05, 3.63) is 29.3 Å². The summed E-state index contributed by atoms with van der Waals surface area (Å²) < 4.78 is 7.39. The minimum atomic E-state index is -0.522. The molecule has 0 spiro atoms. The molecule has 0 saturated heterocycles. The van der Waals surface area contributed by atoms with E-state index in [1.54, 1.807) is 4.57 Å². The van der Waals surface area contributed by atoms with Gasteiger partial charge in [-0.3, -0.25) is 4.79 Å². The smallest absolute Gasteiger partial charge is 0.259 e. The van der Waals surface area contributed by atoms with Crippen molar-refractivity contribution in [2.75, 3.05) is 13.2 Å². The molecule has 4 nitrogen and oxygen atoms in total. The molecule has 1 N–H and O–H groups in total. The zero-order valence-corrected chi connectivity index (χ0v) is 13.0. The van der Waals surface area contributed by atoms with Crippen molar-refractivity contribution in [3.8, 4) is 5.88 Å². The minimum Gasteiger partial charge on any atom is -0.478 e. The predicted octanol–water partition coefficient (Wildman–Crippen LogP) is 3.32. The van der Waals surface area contributed by atoms with Crippen LogP contribution in [0, 0.1) is 6.92 Å². The van der Waals surface area contributed by atoms with Gasteiger partial charge in [0.15, 0.2) is 0 Å². The number of aliphatic hydroxyl groups is 1. The third-order valence-electron chi connectivity index (χ3n) is 3.77.